The number of rotatable bonds is 2. The molecule has 1 aromatic carbocycles. The van der Waals surface area contributed by atoms with Crippen molar-refractivity contribution in [2.75, 3.05) is 31.1 Å². The number of benzene rings is 1. The monoisotopic (exact) mass is 444 g/mol. The van der Waals surface area contributed by atoms with Crippen LogP contribution in [0, 0.1) is 32.2 Å². The molecule has 0 unspecified atom stereocenters. The molecule has 0 saturated carbocycles. The van der Waals surface area contributed by atoms with Gasteiger partial charge in [-0.1, -0.05) is 25.6 Å². The first kappa shape index (κ1) is 24.8. The minimum Gasteiger partial charge on any atom is -0.478 e. The highest BCUT2D eigenvalue weighted by Gasteiger charge is 2.29. The first-order valence-electron chi connectivity index (χ1n) is 10.8. The molecule has 1 fully saturated rings. The van der Waals surface area contributed by atoms with Gasteiger partial charge in [-0.25, -0.2) is 9.59 Å². The second kappa shape index (κ2) is 8.95. The van der Waals surface area contributed by atoms with Crippen molar-refractivity contribution < 1.29 is 19.4 Å². The van der Waals surface area contributed by atoms with Crippen molar-refractivity contribution in [3.05, 3.63) is 27.8 Å². The number of hydrogen-bond donors (Lipinski definition) is 1. The summed E-state index contributed by atoms with van der Waals surface area (Å²) in [7, 11) is -1.62. The van der Waals surface area contributed by atoms with Crippen molar-refractivity contribution >= 4 is 25.8 Å². The Morgan fingerprint density at radius 3 is 1.97 bits per heavy atom. The van der Waals surface area contributed by atoms with Crippen LogP contribution in [-0.2, 0) is 4.74 Å². The Morgan fingerprint density at radius 2 is 1.52 bits per heavy atom. The normalized spacial score (nSPS) is 14.7. The molecule has 170 valence electrons. The van der Waals surface area contributed by atoms with E-state index in [9.17, 15) is 14.7 Å². The molecule has 2 rings (SSSR count). The summed E-state index contributed by atoms with van der Waals surface area (Å²) in [5.74, 6) is 2.38. The fraction of sp³-hybridized carbons (Fsp3) is 0.583. The topological polar surface area (TPSA) is 70.1 Å². The lowest BCUT2D eigenvalue weighted by molar-refractivity contribution is 0.0240. The Bertz CT molecular complexity index is 938. The van der Waals surface area contributed by atoms with Gasteiger partial charge in [0.2, 0.25) is 0 Å². The van der Waals surface area contributed by atoms with Gasteiger partial charge in [-0.15, -0.1) is 5.54 Å². The molecule has 0 atom stereocenters. The Kier molecular flexibility index (Phi) is 7.16. The molecule has 31 heavy (non-hydrogen) atoms. The molecule has 1 heterocycles. The van der Waals surface area contributed by atoms with Gasteiger partial charge in [0.05, 0.1) is 5.56 Å². The smallest absolute Gasteiger partial charge is 0.410 e. The van der Waals surface area contributed by atoms with Crippen molar-refractivity contribution in [1.29, 1.82) is 0 Å². The summed E-state index contributed by atoms with van der Waals surface area (Å²) in [6.45, 7) is 20.1. The lowest BCUT2D eigenvalue weighted by atomic mass is 9.90. The average molecular weight is 445 g/mol. The minimum absolute atomic E-state index is 0.308. The van der Waals surface area contributed by atoms with Crippen molar-refractivity contribution in [1.82, 2.24) is 4.90 Å². The van der Waals surface area contributed by atoms with Crippen LogP contribution in [-0.4, -0.2) is 61.9 Å². The number of anilines is 1. The standard InChI is InChI=1S/C24H36N2O4Si/c1-16-19(10-15-31(7,8)9)17(2)21(18(3)20(16)22(27)28)25-11-13-26(14-12-25)23(29)30-24(4,5)6/h11-14H2,1-9H3,(H,27,28). The quantitative estimate of drug-likeness (QED) is 0.533. The van der Waals surface area contributed by atoms with Gasteiger partial charge in [0.15, 0.2) is 0 Å². The lowest BCUT2D eigenvalue weighted by Gasteiger charge is -2.38. The van der Waals surface area contributed by atoms with Crippen LogP contribution in [0.2, 0.25) is 19.6 Å². The molecule has 7 heteroatoms. The SMILES string of the molecule is Cc1c(C#C[Si](C)(C)C)c(C)c(N2CCN(C(=O)OC(C)(C)C)CC2)c(C)c1C(=O)O. The second-order valence-corrected chi connectivity index (χ2v) is 15.0. The molecule has 0 radical (unpaired) electrons. The molecular formula is C24H36N2O4Si. The zero-order chi connectivity index (χ0) is 23.7. The number of nitrogens with zero attached hydrogens (tertiary/aromatic N) is 2. The van der Waals surface area contributed by atoms with Crippen molar-refractivity contribution in [2.45, 2.75) is 66.8 Å². The third-order valence-electron chi connectivity index (χ3n) is 5.23. The highest BCUT2D eigenvalue weighted by molar-refractivity contribution is 6.83. The molecule has 6 nitrogen and oxygen atoms in total. The third kappa shape index (κ3) is 6.04. The van der Waals surface area contributed by atoms with Gasteiger partial charge < -0.3 is 19.6 Å². The Balaban J connectivity index is 2.43. The van der Waals surface area contributed by atoms with Gasteiger partial charge in [0, 0.05) is 37.4 Å². The molecule has 1 saturated heterocycles. The fourth-order valence-electron chi connectivity index (χ4n) is 3.88. The molecule has 0 aliphatic carbocycles. The number of carboxylic acid groups (broad SMARTS) is 1. The van der Waals surface area contributed by atoms with Crippen LogP contribution in [0.5, 0.6) is 0 Å². The number of carbonyl (C=O) groups is 2. The molecule has 1 aliphatic heterocycles. The van der Waals surface area contributed by atoms with Gasteiger partial charge in [-0.3, -0.25) is 0 Å². The number of piperazine rings is 1. The second-order valence-electron chi connectivity index (χ2n) is 10.2. The van der Waals surface area contributed by atoms with E-state index in [1.807, 2.05) is 41.5 Å². The number of amides is 1. The molecule has 1 N–H and O–H groups in total. The van der Waals surface area contributed by atoms with Gasteiger partial charge in [0.1, 0.15) is 13.7 Å². The third-order valence-corrected chi connectivity index (χ3v) is 6.11. The van der Waals surface area contributed by atoms with Gasteiger partial charge >= 0.3 is 12.1 Å². The number of carbonyl (C=O) groups excluding carboxylic acids is 1. The predicted molar refractivity (Wildman–Crippen MR) is 128 cm³/mol. The summed E-state index contributed by atoms with van der Waals surface area (Å²) in [4.78, 5) is 28.4. The van der Waals surface area contributed by atoms with Crippen LogP contribution in [0.15, 0.2) is 0 Å². The van der Waals surface area contributed by atoms with Crippen molar-refractivity contribution in [3.8, 4) is 11.5 Å². The van der Waals surface area contributed by atoms with E-state index in [-0.39, 0.29) is 6.09 Å². The first-order valence-corrected chi connectivity index (χ1v) is 14.3. The zero-order valence-electron chi connectivity index (χ0n) is 20.4. The number of hydrogen-bond acceptors (Lipinski definition) is 4. The van der Waals surface area contributed by atoms with Crippen LogP contribution in [0.3, 0.4) is 0 Å². The van der Waals surface area contributed by atoms with Crippen LogP contribution >= 0.6 is 0 Å². The predicted octanol–water partition coefficient (Wildman–Crippen LogP) is 4.60. The van der Waals surface area contributed by atoms with E-state index in [1.165, 1.54) is 0 Å². The van der Waals surface area contributed by atoms with Crippen molar-refractivity contribution in [3.63, 3.8) is 0 Å². The first-order chi connectivity index (χ1) is 14.1. The Hall–Kier alpha value is -2.46. The van der Waals surface area contributed by atoms with Gasteiger partial charge in [0.25, 0.3) is 0 Å². The largest absolute Gasteiger partial charge is 0.478 e. The summed E-state index contributed by atoms with van der Waals surface area (Å²) in [6.07, 6.45) is -0.308. The van der Waals surface area contributed by atoms with E-state index in [0.29, 0.717) is 31.7 Å². The van der Waals surface area contributed by atoms with Crippen molar-refractivity contribution in [2.24, 2.45) is 0 Å². The fourth-order valence-corrected chi connectivity index (χ4v) is 4.38. The maximum absolute atomic E-state index is 12.4. The summed E-state index contributed by atoms with van der Waals surface area (Å²) >= 11 is 0. The number of aromatic carboxylic acids is 1. The van der Waals surface area contributed by atoms with Crippen LogP contribution in [0.4, 0.5) is 10.5 Å². The van der Waals surface area contributed by atoms with Crippen LogP contribution < -0.4 is 4.90 Å². The van der Waals surface area contributed by atoms with E-state index < -0.39 is 19.6 Å². The summed E-state index contributed by atoms with van der Waals surface area (Å²) in [5, 5.41) is 9.91. The minimum atomic E-state index is -1.62. The molecule has 0 aromatic heterocycles. The number of carboxylic acids is 1. The highest BCUT2D eigenvalue weighted by atomic mass is 28.3. The van der Waals surface area contributed by atoms with Crippen LogP contribution in [0.1, 0.15) is 53.4 Å². The van der Waals surface area contributed by atoms with E-state index >= 15 is 0 Å². The Morgan fingerprint density at radius 1 is 0.968 bits per heavy atom. The Labute approximate surface area is 187 Å². The summed E-state index contributed by atoms with van der Waals surface area (Å²) < 4.78 is 5.49. The summed E-state index contributed by atoms with van der Waals surface area (Å²) in [5.41, 5.74) is 7.42. The lowest BCUT2D eigenvalue weighted by Crippen LogP contribution is -2.50. The molecule has 1 amide bonds. The van der Waals surface area contributed by atoms with E-state index in [0.717, 1.165) is 27.9 Å². The van der Waals surface area contributed by atoms with Gasteiger partial charge in [-0.2, -0.15) is 0 Å². The molecule has 1 aliphatic rings. The summed E-state index contributed by atoms with van der Waals surface area (Å²) in [6, 6.07) is 0. The van der Waals surface area contributed by atoms with Gasteiger partial charge in [-0.05, 0) is 58.2 Å². The van der Waals surface area contributed by atoms with E-state index in [1.54, 1.807) is 4.90 Å². The van der Waals surface area contributed by atoms with E-state index in [2.05, 4.69) is 36.0 Å². The average Bonchev–Trinajstić information content (AvgIpc) is 2.59. The molecule has 1 aromatic rings. The maximum Gasteiger partial charge on any atom is 0.410 e. The molecule has 0 spiro atoms. The zero-order valence-corrected chi connectivity index (χ0v) is 21.4. The molecular weight excluding hydrogens is 408 g/mol. The van der Waals surface area contributed by atoms with E-state index in [4.69, 9.17) is 4.74 Å². The highest BCUT2D eigenvalue weighted by Crippen LogP contribution is 2.34. The maximum atomic E-state index is 12.4. The number of ether oxygens (including phenoxy) is 1. The molecule has 0 bridgehead atoms. The van der Waals surface area contributed by atoms with Crippen LogP contribution in [0.25, 0.3) is 0 Å².